The van der Waals surface area contributed by atoms with Gasteiger partial charge < -0.3 is 11.1 Å². The Hall–Kier alpha value is -2.37. The number of amides is 3. The summed E-state index contributed by atoms with van der Waals surface area (Å²) in [5, 5.41) is 4.93. The van der Waals surface area contributed by atoms with Gasteiger partial charge in [-0.3, -0.25) is 19.7 Å². The third-order valence-corrected chi connectivity index (χ3v) is 5.08. The van der Waals surface area contributed by atoms with E-state index in [1.807, 2.05) is 0 Å². The van der Waals surface area contributed by atoms with Crippen molar-refractivity contribution in [1.29, 1.82) is 0 Å². The molecule has 0 aromatic heterocycles. The molecule has 1 aromatic carbocycles. The van der Waals surface area contributed by atoms with Gasteiger partial charge in [-0.2, -0.15) is 0 Å². The van der Waals surface area contributed by atoms with Crippen LogP contribution in [0.15, 0.2) is 24.3 Å². The van der Waals surface area contributed by atoms with Crippen molar-refractivity contribution in [3.63, 3.8) is 0 Å². The molecule has 2 rings (SSSR count). The Balaban J connectivity index is 1.86. The lowest BCUT2D eigenvalue weighted by Gasteiger charge is -2.19. The first-order chi connectivity index (χ1) is 13.1. The second kappa shape index (κ2) is 11.4. The van der Waals surface area contributed by atoms with E-state index in [0.717, 1.165) is 38.5 Å². The summed E-state index contributed by atoms with van der Waals surface area (Å²) in [6, 6.07) is 6.43. The van der Waals surface area contributed by atoms with E-state index in [2.05, 4.69) is 10.6 Å². The third-order valence-electron chi connectivity index (χ3n) is 5.08. The first-order valence-electron chi connectivity index (χ1n) is 10.1. The van der Waals surface area contributed by atoms with Crippen molar-refractivity contribution in [2.45, 2.75) is 76.7 Å². The zero-order chi connectivity index (χ0) is 19.5. The van der Waals surface area contributed by atoms with Crippen molar-refractivity contribution < 1.29 is 14.4 Å². The van der Waals surface area contributed by atoms with Crippen LogP contribution in [0, 0.1) is 0 Å². The fourth-order valence-corrected chi connectivity index (χ4v) is 3.49. The average molecular weight is 373 g/mol. The van der Waals surface area contributed by atoms with Crippen molar-refractivity contribution >= 4 is 23.4 Å². The van der Waals surface area contributed by atoms with Crippen LogP contribution in [-0.2, 0) is 9.59 Å². The van der Waals surface area contributed by atoms with Gasteiger partial charge in [0.2, 0.25) is 0 Å². The first-order valence-corrected chi connectivity index (χ1v) is 10.1. The Morgan fingerprint density at radius 2 is 1.30 bits per heavy atom. The molecule has 1 aromatic rings. The number of imide groups is 1. The van der Waals surface area contributed by atoms with E-state index >= 15 is 0 Å². The van der Waals surface area contributed by atoms with E-state index in [1.165, 1.54) is 38.2 Å². The van der Waals surface area contributed by atoms with Crippen LogP contribution in [0.3, 0.4) is 0 Å². The second-order valence-corrected chi connectivity index (χ2v) is 7.30. The minimum Gasteiger partial charge on any atom is -0.398 e. The number of nitrogens with two attached hydrogens (primary N) is 1. The molecule has 0 radical (unpaired) electrons. The Kier molecular flexibility index (Phi) is 8.81. The molecular formula is C21H31N3O3. The van der Waals surface area contributed by atoms with Crippen LogP contribution in [0.25, 0.3) is 0 Å². The van der Waals surface area contributed by atoms with Gasteiger partial charge in [0.1, 0.15) is 0 Å². The maximum Gasteiger partial charge on any atom is 0.316 e. The molecule has 0 unspecified atom stereocenters. The largest absolute Gasteiger partial charge is 0.398 e. The van der Waals surface area contributed by atoms with Crippen molar-refractivity contribution in [3.8, 4) is 0 Å². The fourth-order valence-electron chi connectivity index (χ4n) is 3.49. The lowest BCUT2D eigenvalue weighted by Crippen LogP contribution is -2.46. The number of nitrogens with one attached hydrogen (secondary N) is 2. The van der Waals surface area contributed by atoms with E-state index in [0.29, 0.717) is 0 Å². The SMILES string of the molecule is Nc1ccccc1C(=O)NC(=O)C(=O)NC1CCCCCCCCCCC1. The molecule has 6 heteroatoms. The first kappa shape index (κ1) is 20.9. The zero-order valence-electron chi connectivity index (χ0n) is 16.0. The molecule has 0 bridgehead atoms. The molecule has 1 fully saturated rings. The number of carbonyl (C=O) groups excluding carboxylic acids is 3. The van der Waals surface area contributed by atoms with Crippen LogP contribution in [0.2, 0.25) is 0 Å². The summed E-state index contributed by atoms with van der Waals surface area (Å²) in [4.78, 5) is 36.5. The van der Waals surface area contributed by atoms with Gasteiger partial charge in [-0.1, -0.05) is 69.9 Å². The predicted molar refractivity (Wildman–Crippen MR) is 106 cm³/mol. The Morgan fingerprint density at radius 1 is 0.778 bits per heavy atom. The van der Waals surface area contributed by atoms with Gasteiger partial charge >= 0.3 is 11.8 Å². The summed E-state index contributed by atoms with van der Waals surface area (Å²) in [5.74, 6) is -2.35. The van der Waals surface area contributed by atoms with E-state index in [-0.39, 0.29) is 17.3 Å². The second-order valence-electron chi connectivity index (χ2n) is 7.30. The zero-order valence-corrected chi connectivity index (χ0v) is 16.0. The number of hydrogen-bond donors (Lipinski definition) is 3. The molecule has 148 valence electrons. The number of carbonyl (C=O) groups is 3. The van der Waals surface area contributed by atoms with Crippen LogP contribution in [-0.4, -0.2) is 23.8 Å². The summed E-state index contributed by atoms with van der Waals surface area (Å²) in [7, 11) is 0. The fraction of sp³-hybridized carbons (Fsp3) is 0.571. The number of hydrogen-bond acceptors (Lipinski definition) is 4. The minimum absolute atomic E-state index is 0.0143. The lowest BCUT2D eigenvalue weighted by atomic mass is 9.98. The van der Waals surface area contributed by atoms with E-state index in [9.17, 15) is 14.4 Å². The van der Waals surface area contributed by atoms with E-state index in [4.69, 9.17) is 5.73 Å². The Morgan fingerprint density at radius 3 is 1.85 bits per heavy atom. The highest BCUT2D eigenvalue weighted by Crippen LogP contribution is 2.17. The number of nitrogen functional groups attached to an aromatic ring is 1. The molecule has 6 nitrogen and oxygen atoms in total. The summed E-state index contributed by atoms with van der Waals surface area (Å²) in [6.07, 6.45) is 12.5. The summed E-state index contributed by atoms with van der Waals surface area (Å²) in [6.45, 7) is 0. The smallest absolute Gasteiger partial charge is 0.316 e. The third kappa shape index (κ3) is 7.41. The topological polar surface area (TPSA) is 101 Å². The Bertz CT molecular complexity index is 633. The molecule has 0 heterocycles. The van der Waals surface area contributed by atoms with Crippen LogP contribution in [0.4, 0.5) is 5.69 Å². The van der Waals surface area contributed by atoms with Crippen molar-refractivity contribution in [1.82, 2.24) is 10.6 Å². The molecule has 27 heavy (non-hydrogen) atoms. The standard InChI is InChI=1S/C21H31N3O3/c22-18-15-11-10-14-17(18)19(25)24-21(27)20(26)23-16-12-8-6-4-2-1-3-5-7-9-13-16/h10-11,14-16H,1-9,12-13,22H2,(H,23,26)(H,24,25,27). The molecular weight excluding hydrogens is 342 g/mol. The highest BCUT2D eigenvalue weighted by atomic mass is 16.2. The van der Waals surface area contributed by atoms with Gasteiger partial charge in [0.15, 0.2) is 0 Å². The van der Waals surface area contributed by atoms with Crippen molar-refractivity contribution in [3.05, 3.63) is 29.8 Å². The molecule has 4 N–H and O–H groups in total. The van der Waals surface area contributed by atoms with Gasteiger partial charge in [-0.05, 0) is 25.0 Å². The van der Waals surface area contributed by atoms with E-state index in [1.54, 1.807) is 18.2 Å². The highest BCUT2D eigenvalue weighted by molar-refractivity contribution is 6.38. The Labute approximate surface area is 161 Å². The molecule has 0 spiro atoms. The summed E-state index contributed by atoms with van der Waals surface area (Å²) >= 11 is 0. The van der Waals surface area contributed by atoms with Gasteiger partial charge in [0.25, 0.3) is 5.91 Å². The maximum absolute atomic E-state index is 12.2. The van der Waals surface area contributed by atoms with Crippen LogP contribution >= 0.6 is 0 Å². The molecule has 1 aliphatic carbocycles. The monoisotopic (exact) mass is 373 g/mol. The highest BCUT2D eigenvalue weighted by Gasteiger charge is 2.21. The number of benzene rings is 1. The van der Waals surface area contributed by atoms with Crippen LogP contribution < -0.4 is 16.4 Å². The van der Waals surface area contributed by atoms with Crippen LogP contribution in [0.5, 0.6) is 0 Å². The molecule has 0 atom stereocenters. The van der Waals surface area contributed by atoms with Crippen LogP contribution in [0.1, 0.15) is 81.0 Å². The van der Waals surface area contributed by atoms with Gasteiger partial charge in [-0.25, -0.2) is 0 Å². The molecule has 3 amide bonds. The average Bonchev–Trinajstić information content (AvgIpc) is 2.64. The summed E-state index contributed by atoms with van der Waals surface area (Å²) in [5.41, 5.74) is 6.18. The van der Waals surface area contributed by atoms with Crippen molar-refractivity contribution in [2.24, 2.45) is 0 Å². The maximum atomic E-state index is 12.2. The van der Waals surface area contributed by atoms with Gasteiger partial charge in [0, 0.05) is 11.7 Å². The predicted octanol–water partition coefficient (Wildman–Crippen LogP) is 3.31. The van der Waals surface area contributed by atoms with Gasteiger partial charge in [-0.15, -0.1) is 0 Å². The number of anilines is 1. The number of rotatable bonds is 2. The molecule has 1 saturated carbocycles. The van der Waals surface area contributed by atoms with Crippen molar-refractivity contribution in [2.75, 3.05) is 5.73 Å². The lowest BCUT2D eigenvalue weighted by molar-refractivity contribution is -0.139. The molecule has 1 aliphatic rings. The number of para-hydroxylation sites is 1. The molecule has 0 saturated heterocycles. The van der Waals surface area contributed by atoms with Gasteiger partial charge in [0.05, 0.1) is 5.56 Å². The summed E-state index contributed by atoms with van der Waals surface area (Å²) < 4.78 is 0. The normalized spacial score (nSPS) is 17.2. The molecule has 0 aliphatic heterocycles. The van der Waals surface area contributed by atoms with E-state index < -0.39 is 17.7 Å². The minimum atomic E-state index is -0.936. The quantitative estimate of drug-likeness (QED) is 0.547.